The number of hydrazone groups is 1. The lowest BCUT2D eigenvalue weighted by atomic mass is 10.1. The van der Waals surface area contributed by atoms with Gasteiger partial charge in [0.2, 0.25) is 11.8 Å². The van der Waals surface area contributed by atoms with Crippen molar-refractivity contribution in [3.63, 3.8) is 0 Å². The van der Waals surface area contributed by atoms with Crippen molar-refractivity contribution in [2.75, 3.05) is 5.32 Å². The molecule has 0 spiro atoms. The second-order valence-electron chi connectivity index (χ2n) is 7.51. The Balaban J connectivity index is 1.48. The summed E-state index contributed by atoms with van der Waals surface area (Å²) in [5, 5.41) is 7.48. The average Bonchev–Trinajstić information content (AvgIpc) is 2.81. The Morgan fingerprint density at radius 3 is 2.48 bits per heavy atom. The number of para-hydroxylation sites is 1. The predicted molar refractivity (Wildman–Crippen MR) is 132 cm³/mol. The van der Waals surface area contributed by atoms with E-state index in [1.165, 1.54) is 6.21 Å². The van der Waals surface area contributed by atoms with Crippen LogP contribution in [0.1, 0.15) is 35.1 Å². The van der Waals surface area contributed by atoms with Gasteiger partial charge in [0, 0.05) is 34.7 Å². The first kappa shape index (κ1) is 24.0. The largest absolute Gasteiger partial charge is 0.488 e. The van der Waals surface area contributed by atoms with Gasteiger partial charge in [-0.15, -0.1) is 0 Å². The zero-order chi connectivity index (χ0) is 23.6. The van der Waals surface area contributed by atoms with Gasteiger partial charge in [0.15, 0.2) is 0 Å². The van der Waals surface area contributed by atoms with Gasteiger partial charge in [0.05, 0.1) is 6.21 Å². The molecule has 170 valence electrons. The monoisotopic (exact) mass is 463 g/mol. The topological polar surface area (TPSA) is 79.8 Å². The quantitative estimate of drug-likeness (QED) is 0.329. The SMILES string of the molecule is Cc1cccc(NC(=O)CCC(=O)NN=Cc2ccccc2OCc2ccccc2Cl)c1C. The van der Waals surface area contributed by atoms with Crippen LogP contribution in [0.2, 0.25) is 5.02 Å². The minimum atomic E-state index is -0.350. The van der Waals surface area contributed by atoms with Gasteiger partial charge in [0.1, 0.15) is 12.4 Å². The highest BCUT2D eigenvalue weighted by molar-refractivity contribution is 6.31. The molecule has 3 aromatic carbocycles. The number of carbonyl (C=O) groups is 2. The van der Waals surface area contributed by atoms with Crippen molar-refractivity contribution in [2.24, 2.45) is 5.10 Å². The molecule has 0 bridgehead atoms. The molecule has 0 saturated heterocycles. The molecule has 0 atom stereocenters. The van der Waals surface area contributed by atoms with Crippen LogP contribution in [0.5, 0.6) is 5.75 Å². The standard InChI is InChI=1S/C26H26ClN3O3/c1-18-8-7-12-23(19(18)2)29-25(31)14-15-26(32)30-28-16-20-9-4-6-13-24(20)33-17-21-10-3-5-11-22(21)27/h3-13,16H,14-15,17H2,1-2H3,(H,29,31)(H,30,32). The minimum absolute atomic E-state index is 0.0265. The fourth-order valence-electron chi connectivity index (χ4n) is 3.05. The summed E-state index contributed by atoms with van der Waals surface area (Å²) in [7, 11) is 0. The van der Waals surface area contributed by atoms with Crippen molar-refractivity contribution < 1.29 is 14.3 Å². The molecule has 0 aliphatic heterocycles. The second-order valence-corrected chi connectivity index (χ2v) is 7.91. The van der Waals surface area contributed by atoms with E-state index in [0.717, 1.165) is 22.4 Å². The lowest BCUT2D eigenvalue weighted by Crippen LogP contribution is -2.21. The Hall–Kier alpha value is -3.64. The third-order valence-electron chi connectivity index (χ3n) is 5.11. The van der Waals surface area contributed by atoms with Crippen LogP contribution in [0.25, 0.3) is 0 Å². The van der Waals surface area contributed by atoms with E-state index >= 15 is 0 Å². The number of amides is 2. The summed E-state index contributed by atoms with van der Waals surface area (Å²) in [6, 6.07) is 20.5. The van der Waals surface area contributed by atoms with Gasteiger partial charge in [-0.1, -0.05) is 54.1 Å². The molecule has 0 fully saturated rings. The number of anilines is 1. The zero-order valence-electron chi connectivity index (χ0n) is 18.6. The highest BCUT2D eigenvalue weighted by atomic mass is 35.5. The molecule has 0 aliphatic carbocycles. The fraction of sp³-hybridized carbons (Fsp3) is 0.192. The molecule has 0 saturated carbocycles. The number of nitrogens with zero attached hydrogens (tertiary/aromatic N) is 1. The lowest BCUT2D eigenvalue weighted by molar-refractivity contribution is -0.124. The maximum Gasteiger partial charge on any atom is 0.240 e. The number of hydrogen-bond donors (Lipinski definition) is 2. The van der Waals surface area contributed by atoms with Crippen molar-refractivity contribution in [1.29, 1.82) is 0 Å². The van der Waals surface area contributed by atoms with E-state index in [-0.39, 0.29) is 24.7 Å². The van der Waals surface area contributed by atoms with Crippen LogP contribution < -0.4 is 15.5 Å². The number of nitrogens with one attached hydrogen (secondary N) is 2. The third-order valence-corrected chi connectivity index (χ3v) is 5.48. The molecule has 33 heavy (non-hydrogen) atoms. The third kappa shape index (κ3) is 7.19. The van der Waals surface area contributed by atoms with Crippen molar-refractivity contribution in [1.82, 2.24) is 5.43 Å². The fourth-order valence-corrected chi connectivity index (χ4v) is 3.24. The molecule has 0 heterocycles. The Morgan fingerprint density at radius 1 is 0.939 bits per heavy atom. The Bertz CT molecular complexity index is 1160. The summed E-state index contributed by atoms with van der Waals surface area (Å²) < 4.78 is 5.87. The zero-order valence-corrected chi connectivity index (χ0v) is 19.4. The molecular weight excluding hydrogens is 438 g/mol. The van der Waals surface area contributed by atoms with E-state index in [2.05, 4.69) is 15.8 Å². The van der Waals surface area contributed by atoms with Crippen LogP contribution in [0.4, 0.5) is 5.69 Å². The van der Waals surface area contributed by atoms with Gasteiger partial charge in [-0.25, -0.2) is 5.43 Å². The van der Waals surface area contributed by atoms with Crippen molar-refractivity contribution in [3.8, 4) is 5.75 Å². The van der Waals surface area contributed by atoms with E-state index in [9.17, 15) is 9.59 Å². The van der Waals surface area contributed by atoms with Gasteiger partial charge in [0.25, 0.3) is 0 Å². The molecule has 3 aromatic rings. The molecule has 0 aliphatic rings. The molecule has 3 rings (SSSR count). The van der Waals surface area contributed by atoms with Crippen LogP contribution in [0.3, 0.4) is 0 Å². The second kappa shape index (κ2) is 11.8. The van der Waals surface area contributed by atoms with Crippen LogP contribution in [-0.2, 0) is 16.2 Å². The number of halogens is 1. The Labute approximate surface area is 198 Å². The van der Waals surface area contributed by atoms with E-state index < -0.39 is 0 Å². The van der Waals surface area contributed by atoms with E-state index in [4.69, 9.17) is 16.3 Å². The van der Waals surface area contributed by atoms with E-state index in [1.54, 1.807) is 0 Å². The number of aryl methyl sites for hydroxylation is 1. The summed E-state index contributed by atoms with van der Waals surface area (Å²) in [5.74, 6) is 0.0429. The van der Waals surface area contributed by atoms with E-state index in [1.807, 2.05) is 80.6 Å². The molecule has 0 radical (unpaired) electrons. The van der Waals surface area contributed by atoms with Crippen molar-refractivity contribution in [3.05, 3.63) is 94.0 Å². The number of ether oxygens (including phenoxy) is 1. The first-order valence-electron chi connectivity index (χ1n) is 10.6. The summed E-state index contributed by atoms with van der Waals surface area (Å²) in [6.45, 7) is 4.24. The molecule has 2 N–H and O–H groups in total. The van der Waals surface area contributed by atoms with Crippen molar-refractivity contribution >= 4 is 35.3 Å². The van der Waals surface area contributed by atoms with Crippen LogP contribution in [0.15, 0.2) is 71.8 Å². The van der Waals surface area contributed by atoms with Crippen molar-refractivity contribution in [2.45, 2.75) is 33.3 Å². The molecule has 6 nitrogen and oxygen atoms in total. The number of carbonyl (C=O) groups excluding carboxylic acids is 2. The Kier molecular flexibility index (Phi) is 8.61. The summed E-state index contributed by atoms with van der Waals surface area (Å²) >= 11 is 6.18. The van der Waals surface area contributed by atoms with Gasteiger partial charge in [-0.2, -0.15) is 5.10 Å². The predicted octanol–water partition coefficient (Wildman–Crippen LogP) is 5.40. The van der Waals surface area contributed by atoms with Crippen LogP contribution >= 0.6 is 11.6 Å². The number of benzene rings is 3. The van der Waals surface area contributed by atoms with Gasteiger partial charge in [-0.3, -0.25) is 9.59 Å². The number of rotatable bonds is 9. The highest BCUT2D eigenvalue weighted by Gasteiger charge is 2.09. The Morgan fingerprint density at radius 2 is 1.67 bits per heavy atom. The lowest BCUT2D eigenvalue weighted by Gasteiger charge is -2.10. The van der Waals surface area contributed by atoms with Crippen LogP contribution in [0, 0.1) is 13.8 Å². The van der Waals surface area contributed by atoms with Crippen LogP contribution in [-0.4, -0.2) is 18.0 Å². The summed E-state index contributed by atoms with van der Waals surface area (Å²) in [5.41, 5.74) is 6.89. The van der Waals surface area contributed by atoms with Gasteiger partial charge in [-0.05, 0) is 49.2 Å². The maximum atomic E-state index is 12.2. The normalized spacial score (nSPS) is 10.8. The highest BCUT2D eigenvalue weighted by Crippen LogP contribution is 2.21. The van der Waals surface area contributed by atoms with Gasteiger partial charge >= 0.3 is 0 Å². The van der Waals surface area contributed by atoms with Gasteiger partial charge < -0.3 is 10.1 Å². The molecular formula is C26H26ClN3O3. The smallest absolute Gasteiger partial charge is 0.240 e. The first-order chi connectivity index (χ1) is 15.9. The minimum Gasteiger partial charge on any atom is -0.488 e. The molecule has 7 heteroatoms. The summed E-state index contributed by atoms with van der Waals surface area (Å²) in [6.07, 6.45) is 1.60. The number of hydrogen-bond acceptors (Lipinski definition) is 4. The van der Waals surface area contributed by atoms with E-state index in [0.29, 0.717) is 22.9 Å². The molecule has 0 aromatic heterocycles. The summed E-state index contributed by atoms with van der Waals surface area (Å²) in [4.78, 5) is 24.3. The first-order valence-corrected chi connectivity index (χ1v) is 10.9. The average molecular weight is 464 g/mol. The maximum absolute atomic E-state index is 12.2. The molecule has 2 amide bonds. The molecule has 0 unspecified atom stereocenters.